The molecule has 286 valence electrons. The Hall–Kier alpha value is -6.45. The first-order valence-corrected chi connectivity index (χ1v) is 18.7. The number of nitrogens with one attached hydrogen (secondary N) is 1. The summed E-state index contributed by atoms with van der Waals surface area (Å²) in [5, 5.41) is 11.6. The van der Waals surface area contributed by atoms with E-state index < -0.39 is 11.9 Å². The second-order valence-electron chi connectivity index (χ2n) is 13.4. The van der Waals surface area contributed by atoms with Gasteiger partial charge in [0.05, 0.1) is 40.9 Å². The van der Waals surface area contributed by atoms with Crippen LogP contribution in [-0.2, 0) is 4.74 Å². The van der Waals surface area contributed by atoms with Crippen molar-refractivity contribution in [3.63, 3.8) is 0 Å². The summed E-state index contributed by atoms with van der Waals surface area (Å²) in [4.78, 5) is 26.9. The molecule has 6 rings (SSSR count). The first kappa shape index (κ1) is 39.2. The highest BCUT2D eigenvalue weighted by molar-refractivity contribution is 6.18. The third-order valence-electron chi connectivity index (χ3n) is 9.15. The second-order valence-corrected chi connectivity index (χ2v) is 13.4. The molecule has 0 saturated carbocycles. The van der Waals surface area contributed by atoms with Gasteiger partial charge in [0, 0.05) is 17.4 Å². The molecule has 0 aliphatic heterocycles. The van der Waals surface area contributed by atoms with E-state index in [0.29, 0.717) is 42.4 Å². The van der Waals surface area contributed by atoms with Crippen molar-refractivity contribution in [2.24, 2.45) is 0 Å². The zero-order valence-corrected chi connectivity index (χ0v) is 31.8. The van der Waals surface area contributed by atoms with Crippen molar-refractivity contribution in [1.29, 1.82) is 5.41 Å². The number of fused-ring (bicyclic) bond motifs is 3. The third kappa shape index (κ3) is 9.61. The average Bonchev–Trinajstić information content (AvgIpc) is 3.52. The lowest BCUT2D eigenvalue weighted by atomic mass is 10.1. The Labute approximate surface area is 327 Å². The second kappa shape index (κ2) is 18.7. The zero-order valence-electron chi connectivity index (χ0n) is 31.8. The number of unbranched alkanes of at least 4 members (excludes halogenated alkanes) is 3. The van der Waals surface area contributed by atoms with Crippen molar-refractivity contribution >= 4 is 39.6 Å². The van der Waals surface area contributed by atoms with Crippen molar-refractivity contribution in [1.82, 2.24) is 4.57 Å². The Morgan fingerprint density at radius 2 is 1.14 bits per heavy atom. The highest BCUT2D eigenvalue weighted by Gasteiger charge is 2.22. The minimum Gasteiger partial charge on any atom is -0.494 e. The molecule has 0 unspecified atom stereocenters. The maximum Gasteiger partial charge on any atom is 0.343 e. The van der Waals surface area contributed by atoms with Crippen LogP contribution >= 0.6 is 0 Å². The minimum atomic E-state index is -0.610. The van der Waals surface area contributed by atoms with Crippen molar-refractivity contribution < 1.29 is 33.3 Å². The zero-order chi connectivity index (χ0) is 39.4. The monoisotopic (exact) mass is 750 g/mol. The van der Waals surface area contributed by atoms with Crippen molar-refractivity contribution in [2.75, 3.05) is 26.4 Å². The van der Waals surface area contributed by atoms with E-state index in [9.17, 15) is 15.0 Å². The largest absolute Gasteiger partial charge is 0.494 e. The van der Waals surface area contributed by atoms with Crippen molar-refractivity contribution in [2.45, 2.75) is 39.5 Å². The molecule has 1 heterocycles. The maximum atomic E-state index is 13.6. The SMILES string of the molecule is C=CCOCCCCCCOc1ccc(C(=O)Oc2ccc(OC(=O)c3ccc(OCC=C)cc3)cc2C(=N)n2c3ccc(C)cc3c3cc(C)ccc32)cc1. The molecule has 0 atom stereocenters. The molecule has 0 aliphatic carbocycles. The molecule has 9 nitrogen and oxygen atoms in total. The Bertz CT molecular complexity index is 2300. The summed E-state index contributed by atoms with van der Waals surface area (Å²) in [5.74, 6) is 0.387. The predicted octanol–water partition coefficient (Wildman–Crippen LogP) is 10.4. The number of hydrogen-bond acceptors (Lipinski definition) is 8. The molecule has 0 saturated heterocycles. The average molecular weight is 751 g/mol. The Kier molecular flexibility index (Phi) is 13.1. The molecule has 6 aromatic rings. The first-order chi connectivity index (χ1) is 27.2. The van der Waals surface area contributed by atoms with Gasteiger partial charge in [0.15, 0.2) is 0 Å². The number of esters is 2. The molecule has 0 spiro atoms. The molecular formula is C47H46N2O7. The van der Waals surface area contributed by atoms with Crippen LogP contribution in [0.4, 0.5) is 0 Å². The summed E-state index contributed by atoms with van der Waals surface area (Å²) in [6, 6.07) is 30.2. The van der Waals surface area contributed by atoms with Gasteiger partial charge < -0.3 is 23.7 Å². The Balaban J connectivity index is 1.24. The number of rotatable bonds is 18. The highest BCUT2D eigenvalue weighted by atomic mass is 16.5. The van der Waals surface area contributed by atoms with E-state index in [1.54, 1.807) is 78.9 Å². The molecule has 1 aromatic heterocycles. The summed E-state index contributed by atoms with van der Waals surface area (Å²) in [7, 11) is 0. The van der Waals surface area contributed by atoms with E-state index in [-0.39, 0.29) is 22.9 Å². The number of carbonyl (C=O) groups excluding carboxylic acids is 2. The van der Waals surface area contributed by atoms with Gasteiger partial charge in [0.1, 0.15) is 35.4 Å². The van der Waals surface area contributed by atoms with Gasteiger partial charge >= 0.3 is 11.9 Å². The normalized spacial score (nSPS) is 11.0. The fraction of sp³-hybridized carbons (Fsp3) is 0.213. The Morgan fingerprint density at radius 3 is 1.73 bits per heavy atom. The van der Waals surface area contributed by atoms with Crippen LogP contribution in [0.3, 0.4) is 0 Å². The number of aromatic nitrogens is 1. The summed E-state index contributed by atoms with van der Waals surface area (Å²) in [6.07, 6.45) is 7.39. The fourth-order valence-corrected chi connectivity index (χ4v) is 6.33. The van der Waals surface area contributed by atoms with Crippen molar-refractivity contribution in [3.8, 4) is 23.0 Å². The number of nitrogens with zero attached hydrogens (tertiary/aromatic N) is 1. The minimum absolute atomic E-state index is 0.0372. The summed E-state index contributed by atoms with van der Waals surface area (Å²) < 4.78 is 30.5. The lowest BCUT2D eigenvalue weighted by Gasteiger charge is -2.16. The van der Waals surface area contributed by atoms with E-state index in [2.05, 4.69) is 25.3 Å². The molecule has 1 N–H and O–H groups in total. The van der Waals surface area contributed by atoms with Gasteiger partial charge in [0.2, 0.25) is 0 Å². The third-order valence-corrected chi connectivity index (χ3v) is 9.15. The first-order valence-electron chi connectivity index (χ1n) is 18.7. The summed E-state index contributed by atoms with van der Waals surface area (Å²) in [5.41, 5.74) is 4.68. The van der Waals surface area contributed by atoms with Gasteiger partial charge in [-0.3, -0.25) is 9.98 Å². The Morgan fingerprint density at radius 1 is 0.607 bits per heavy atom. The van der Waals surface area contributed by atoms with Gasteiger partial charge in [-0.1, -0.05) is 48.4 Å². The van der Waals surface area contributed by atoms with E-state index in [0.717, 1.165) is 65.2 Å². The number of ether oxygens (including phenoxy) is 5. The summed E-state index contributed by atoms with van der Waals surface area (Å²) >= 11 is 0. The standard InChI is InChI=1S/C47H46N2O7/c1-5-25-52-27-9-7-8-10-28-54-37-19-15-35(16-20-37)47(51)56-44-24-21-38(55-46(50)34-13-17-36(18-14-34)53-26-6-2)31-41(44)45(48)49-42-22-11-32(3)29-39(42)40-30-33(4)12-23-43(40)49/h5-6,11-24,29-31,48H,1-2,7-10,25-28H2,3-4H3. The van der Waals surface area contributed by atoms with Crippen LogP contribution in [0.15, 0.2) is 128 Å². The fourth-order valence-electron chi connectivity index (χ4n) is 6.33. The number of carbonyl (C=O) groups is 2. The van der Waals surface area contributed by atoms with Gasteiger partial charge in [-0.05, 0) is 124 Å². The van der Waals surface area contributed by atoms with Crippen LogP contribution < -0.4 is 18.9 Å². The molecule has 56 heavy (non-hydrogen) atoms. The van der Waals surface area contributed by atoms with Crippen LogP contribution in [-0.4, -0.2) is 48.8 Å². The van der Waals surface area contributed by atoms with Gasteiger partial charge in [-0.15, -0.1) is 6.58 Å². The molecule has 0 fully saturated rings. The van der Waals surface area contributed by atoms with Crippen LogP contribution in [0.25, 0.3) is 21.8 Å². The molecule has 5 aromatic carbocycles. The molecule has 9 heteroatoms. The summed E-state index contributed by atoms with van der Waals surface area (Å²) in [6.45, 7) is 13.6. The van der Waals surface area contributed by atoms with Crippen LogP contribution in [0.2, 0.25) is 0 Å². The number of hydrogen-bond donors (Lipinski definition) is 1. The lowest BCUT2D eigenvalue weighted by molar-refractivity contribution is 0.0719. The quantitative estimate of drug-likeness (QED) is 0.0233. The predicted molar refractivity (Wildman–Crippen MR) is 221 cm³/mol. The topological polar surface area (TPSA) is 109 Å². The maximum absolute atomic E-state index is 13.6. The van der Waals surface area contributed by atoms with Crippen molar-refractivity contribution in [3.05, 3.63) is 156 Å². The van der Waals surface area contributed by atoms with E-state index in [1.165, 1.54) is 0 Å². The molecule has 0 radical (unpaired) electrons. The van der Waals surface area contributed by atoms with Crippen LogP contribution in [0.5, 0.6) is 23.0 Å². The smallest absolute Gasteiger partial charge is 0.343 e. The molecule has 0 amide bonds. The van der Waals surface area contributed by atoms with Gasteiger partial charge in [-0.25, -0.2) is 9.59 Å². The van der Waals surface area contributed by atoms with Crippen LogP contribution in [0, 0.1) is 19.3 Å². The molecule has 0 bridgehead atoms. The molecule has 0 aliphatic rings. The number of benzene rings is 5. The number of aryl methyl sites for hydroxylation is 2. The lowest BCUT2D eigenvalue weighted by Crippen LogP contribution is -2.17. The van der Waals surface area contributed by atoms with E-state index in [1.807, 2.05) is 42.7 Å². The van der Waals surface area contributed by atoms with E-state index >= 15 is 0 Å². The van der Waals surface area contributed by atoms with Crippen LogP contribution in [0.1, 0.15) is 63.1 Å². The van der Waals surface area contributed by atoms with E-state index in [4.69, 9.17) is 23.7 Å². The highest BCUT2D eigenvalue weighted by Crippen LogP contribution is 2.34. The molecular weight excluding hydrogens is 705 g/mol. The van der Waals surface area contributed by atoms with Gasteiger partial charge in [0.25, 0.3) is 0 Å². The van der Waals surface area contributed by atoms with Gasteiger partial charge in [-0.2, -0.15) is 0 Å².